The van der Waals surface area contributed by atoms with Crippen molar-refractivity contribution in [3.05, 3.63) is 11.6 Å². The third-order valence-electron chi connectivity index (χ3n) is 2.83. The average Bonchev–Trinajstić information content (AvgIpc) is 2.20. The number of hydrogen-bond acceptors (Lipinski definition) is 1. The molecule has 0 aromatic carbocycles. The first-order chi connectivity index (χ1) is 6.83. The Hall–Kier alpha value is 0.180. The Morgan fingerprint density at radius 2 is 2.07 bits per heavy atom. The van der Waals surface area contributed by atoms with Gasteiger partial charge in [-0.15, -0.1) is 0 Å². The van der Waals surface area contributed by atoms with Crippen molar-refractivity contribution in [1.29, 1.82) is 0 Å². The Labute approximate surface area is 96.0 Å². The van der Waals surface area contributed by atoms with E-state index < -0.39 is 0 Å². The van der Waals surface area contributed by atoms with Gasteiger partial charge in [-0.25, -0.2) is 0 Å². The minimum absolute atomic E-state index is 0.556. The molecule has 0 N–H and O–H groups in total. The maximum Gasteiger partial charge on any atom is 0.0575 e. The van der Waals surface area contributed by atoms with E-state index in [4.69, 9.17) is 4.74 Å². The van der Waals surface area contributed by atoms with Crippen molar-refractivity contribution in [3.8, 4) is 0 Å². The van der Waals surface area contributed by atoms with Crippen LogP contribution in [0.5, 0.6) is 0 Å². The van der Waals surface area contributed by atoms with Crippen LogP contribution >= 0.6 is 15.9 Å². The van der Waals surface area contributed by atoms with Crippen LogP contribution in [0.1, 0.15) is 45.4 Å². The van der Waals surface area contributed by atoms with Gasteiger partial charge in [-0.05, 0) is 26.2 Å². The molecule has 0 heterocycles. The summed E-state index contributed by atoms with van der Waals surface area (Å²) < 4.78 is 5.84. The third kappa shape index (κ3) is 5.16. The predicted octanol–water partition coefficient (Wildman–Crippen LogP) is 4.07. The van der Waals surface area contributed by atoms with Crippen LogP contribution < -0.4 is 0 Å². The molecule has 1 aliphatic rings. The number of alkyl halides is 1. The second-order valence-corrected chi connectivity index (χ2v) is 4.73. The van der Waals surface area contributed by atoms with Gasteiger partial charge in [0, 0.05) is 5.33 Å². The maximum absolute atomic E-state index is 5.84. The summed E-state index contributed by atoms with van der Waals surface area (Å²) in [6.07, 6.45) is 10.5. The fourth-order valence-corrected chi connectivity index (χ4v) is 2.40. The lowest BCUT2D eigenvalue weighted by Gasteiger charge is -2.21. The van der Waals surface area contributed by atoms with Crippen LogP contribution in [-0.4, -0.2) is 18.0 Å². The normalized spacial score (nSPS) is 20.0. The molecule has 0 aliphatic heterocycles. The molecule has 2 heteroatoms. The molecule has 0 saturated heterocycles. The van der Waals surface area contributed by atoms with Crippen LogP contribution in [0.25, 0.3) is 0 Å². The summed E-state index contributed by atoms with van der Waals surface area (Å²) in [6, 6.07) is 0. The molecule has 0 aromatic heterocycles. The monoisotopic (exact) mass is 260 g/mol. The van der Waals surface area contributed by atoms with Crippen LogP contribution in [0.15, 0.2) is 11.6 Å². The largest absolute Gasteiger partial charge is 0.378 e. The number of rotatable bonds is 5. The van der Waals surface area contributed by atoms with Crippen LogP contribution in [-0.2, 0) is 4.74 Å². The zero-order chi connectivity index (χ0) is 10.2. The first-order valence-corrected chi connectivity index (χ1v) is 6.78. The highest BCUT2D eigenvalue weighted by Gasteiger charge is 2.12. The minimum Gasteiger partial charge on any atom is -0.378 e. The van der Waals surface area contributed by atoms with E-state index in [-0.39, 0.29) is 0 Å². The van der Waals surface area contributed by atoms with Crippen LogP contribution in [0.3, 0.4) is 0 Å². The van der Waals surface area contributed by atoms with Gasteiger partial charge in [0.25, 0.3) is 0 Å². The van der Waals surface area contributed by atoms with E-state index in [0.29, 0.717) is 6.10 Å². The smallest absolute Gasteiger partial charge is 0.0575 e. The lowest BCUT2D eigenvalue weighted by molar-refractivity contribution is 0.0303. The van der Waals surface area contributed by atoms with E-state index in [1.54, 1.807) is 0 Å². The first-order valence-electron chi connectivity index (χ1n) is 5.66. The molecule has 1 fully saturated rings. The molecule has 0 unspecified atom stereocenters. The van der Waals surface area contributed by atoms with Crippen molar-refractivity contribution < 1.29 is 4.74 Å². The summed E-state index contributed by atoms with van der Waals surface area (Å²) >= 11 is 3.40. The summed E-state index contributed by atoms with van der Waals surface area (Å²) in [4.78, 5) is 0. The average molecular weight is 261 g/mol. The summed E-state index contributed by atoms with van der Waals surface area (Å²) in [5.74, 6) is 0. The van der Waals surface area contributed by atoms with Gasteiger partial charge >= 0.3 is 0 Å². The lowest BCUT2D eigenvalue weighted by atomic mass is 9.98. The predicted molar refractivity (Wildman–Crippen MR) is 65.0 cm³/mol. The van der Waals surface area contributed by atoms with E-state index in [1.807, 2.05) is 0 Å². The van der Waals surface area contributed by atoms with Crippen molar-refractivity contribution >= 4 is 15.9 Å². The second kappa shape index (κ2) is 7.47. The van der Waals surface area contributed by atoms with E-state index in [0.717, 1.165) is 18.4 Å². The second-order valence-electron chi connectivity index (χ2n) is 4.09. The molecule has 0 spiro atoms. The Kier molecular flexibility index (Phi) is 6.54. The van der Waals surface area contributed by atoms with Gasteiger partial charge in [-0.2, -0.15) is 0 Å². The Morgan fingerprint density at radius 1 is 1.36 bits per heavy atom. The summed E-state index contributed by atoms with van der Waals surface area (Å²) in [5, 5.41) is 0.961. The van der Waals surface area contributed by atoms with E-state index >= 15 is 0 Å². The highest BCUT2D eigenvalue weighted by Crippen LogP contribution is 2.20. The van der Waals surface area contributed by atoms with Gasteiger partial charge < -0.3 is 4.74 Å². The fourth-order valence-electron chi connectivity index (χ4n) is 1.85. The molecule has 0 bridgehead atoms. The zero-order valence-corrected chi connectivity index (χ0v) is 10.7. The molecule has 0 aromatic rings. The van der Waals surface area contributed by atoms with Crippen molar-refractivity contribution in [3.63, 3.8) is 0 Å². The summed E-state index contributed by atoms with van der Waals surface area (Å²) in [7, 11) is 0. The van der Waals surface area contributed by atoms with Crippen LogP contribution in [0, 0.1) is 0 Å². The Morgan fingerprint density at radius 3 is 2.71 bits per heavy atom. The molecule has 1 rings (SSSR count). The highest BCUT2D eigenvalue weighted by molar-refractivity contribution is 9.09. The molecule has 14 heavy (non-hydrogen) atoms. The maximum atomic E-state index is 5.84. The van der Waals surface area contributed by atoms with Crippen molar-refractivity contribution in [2.24, 2.45) is 0 Å². The molecule has 0 amide bonds. The SMILES string of the molecule is CC(=CCBr)CCOC1CCCCC1. The van der Waals surface area contributed by atoms with Crippen LogP contribution in [0.4, 0.5) is 0 Å². The number of hydrogen-bond donors (Lipinski definition) is 0. The molecule has 0 radical (unpaired) electrons. The van der Waals surface area contributed by atoms with Gasteiger partial charge in [0.05, 0.1) is 12.7 Å². The van der Waals surface area contributed by atoms with E-state index in [2.05, 4.69) is 28.9 Å². The van der Waals surface area contributed by atoms with Gasteiger partial charge in [0.1, 0.15) is 0 Å². The van der Waals surface area contributed by atoms with Gasteiger partial charge in [0.2, 0.25) is 0 Å². The van der Waals surface area contributed by atoms with E-state index in [9.17, 15) is 0 Å². The molecule has 1 nitrogen and oxygen atoms in total. The molecular weight excluding hydrogens is 240 g/mol. The van der Waals surface area contributed by atoms with Crippen molar-refractivity contribution in [2.45, 2.75) is 51.6 Å². The Bertz CT molecular complexity index is 171. The van der Waals surface area contributed by atoms with E-state index in [1.165, 1.54) is 37.7 Å². The highest BCUT2D eigenvalue weighted by atomic mass is 79.9. The lowest BCUT2D eigenvalue weighted by Crippen LogP contribution is -2.17. The summed E-state index contributed by atoms with van der Waals surface area (Å²) in [6.45, 7) is 3.07. The third-order valence-corrected chi connectivity index (χ3v) is 3.15. The Balaban J connectivity index is 2.05. The van der Waals surface area contributed by atoms with Gasteiger partial charge in [0.15, 0.2) is 0 Å². The van der Waals surface area contributed by atoms with Crippen molar-refractivity contribution in [2.75, 3.05) is 11.9 Å². The van der Waals surface area contributed by atoms with Crippen molar-refractivity contribution in [1.82, 2.24) is 0 Å². The molecule has 82 valence electrons. The minimum atomic E-state index is 0.556. The molecule has 0 atom stereocenters. The molecular formula is C12H21BrO. The topological polar surface area (TPSA) is 9.23 Å². The summed E-state index contributed by atoms with van der Waals surface area (Å²) in [5.41, 5.74) is 1.43. The first kappa shape index (κ1) is 12.3. The molecule has 1 aliphatic carbocycles. The molecule has 1 saturated carbocycles. The number of allylic oxidation sites excluding steroid dienone is 1. The fraction of sp³-hybridized carbons (Fsp3) is 0.833. The number of halogens is 1. The quantitative estimate of drug-likeness (QED) is 0.535. The zero-order valence-electron chi connectivity index (χ0n) is 9.10. The number of ether oxygens (including phenoxy) is 1. The van der Waals surface area contributed by atoms with Gasteiger partial charge in [-0.3, -0.25) is 0 Å². The van der Waals surface area contributed by atoms with Crippen LogP contribution in [0.2, 0.25) is 0 Å². The standard InChI is InChI=1S/C12H21BrO/c1-11(7-9-13)8-10-14-12-5-3-2-4-6-12/h7,12H,2-6,8-10H2,1H3. The van der Waals surface area contributed by atoms with Gasteiger partial charge in [-0.1, -0.05) is 46.8 Å².